The summed E-state index contributed by atoms with van der Waals surface area (Å²) in [5, 5.41) is 2.55. The van der Waals surface area contributed by atoms with Crippen LogP contribution in [0.25, 0.3) is 0 Å². The van der Waals surface area contributed by atoms with Crippen LogP contribution in [0.1, 0.15) is 12.0 Å². The number of halogens is 3. The number of rotatable bonds is 0. The van der Waals surface area contributed by atoms with Crippen LogP contribution >= 0.6 is 0 Å². The molecule has 0 radical (unpaired) electrons. The molecule has 0 saturated carbocycles. The van der Waals surface area contributed by atoms with E-state index in [0.29, 0.717) is 16.2 Å². The van der Waals surface area contributed by atoms with Gasteiger partial charge in [-0.05, 0) is 23.8 Å². The number of carbonyl (C=O) groups is 2. The van der Waals surface area contributed by atoms with Crippen molar-refractivity contribution in [2.45, 2.75) is 19.1 Å². The number of nitrogens with two attached hydrogens (primary N) is 1. The molecule has 2 rings (SSSR count). The van der Waals surface area contributed by atoms with E-state index in [2.05, 4.69) is 5.32 Å². The normalized spacial score (nSPS) is 15.9. The predicted molar refractivity (Wildman–Crippen MR) is 65.7 cm³/mol. The molecule has 0 aromatic heterocycles. The van der Waals surface area contributed by atoms with Gasteiger partial charge in [-0.1, -0.05) is 0 Å². The lowest BCUT2D eigenvalue weighted by atomic mass is 10.1. The second-order valence-electron chi connectivity index (χ2n) is 4.37. The summed E-state index contributed by atoms with van der Waals surface area (Å²) in [5.74, 6) is -2.41. The van der Waals surface area contributed by atoms with Crippen molar-refractivity contribution in [1.29, 1.82) is 0 Å². The number of nitrogen functional groups attached to an aromatic ring is 1. The Bertz CT molecular complexity index is 557. The third-order valence-electron chi connectivity index (χ3n) is 2.92. The molecule has 0 unspecified atom stereocenters. The molecule has 20 heavy (non-hydrogen) atoms. The monoisotopic (exact) mass is 287 g/mol. The van der Waals surface area contributed by atoms with Crippen LogP contribution in [0.15, 0.2) is 18.2 Å². The third kappa shape index (κ3) is 2.84. The van der Waals surface area contributed by atoms with Gasteiger partial charge in [0, 0.05) is 30.9 Å². The van der Waals surface area contributed by atoms with E-state index in [1.54, 1.807) is 0 Å². The van der Waals surface area contributed by atoms with E-state index in [1.165, 1.54) is 18.2 Å². The van der Waals surface area contributed by atoms with Gasteiger partial charge in [-0.3, -0.25) is 9.59 Å². The van der Waals surface area contributed by atoms with Gasteiger partial charge < -0.3 is 16.0 Å². The molecular formula is C12H12F3N3O2. The first-order valence-electron chi connectivity index (χ1n) is 5.83. The maximum absolute atomic E-state index is 12.6. The first-order chi connectivity index (χ1) is 9.29. The number of nitrogens with zero attached hydrogens (tertiary/aromatic N) is 1. The first-order valence-corrected chi connectivity index (χ1v) is 5.83. The fourth-order valence-corrected chi connectivity index (χ4v) is 1.99. The molecule has 2 amide bonds. The highest BCUT2D eigenvalue weighted by Gasteiger charge is 2.43. The first kappa shape index (κ1) is 14.2. The Morgan fingerprint density at radius 2 is 2.05 bits per heavy atom. The van der Waals surface area contributed by atoms with E-state index in [1.807, 2.05) is 0 Å². The zero-order valence-electron chi connectivity index (χ0n) is 10.3. The second-order valence-corrected chi connectivity index (χ2v) is 4.37. The number of hydrogen-bond acceptors (Lipinski definition) is 3. The van der Waals surface area contributed by atoms with Gasteiger partial charge in [0.1, 0.15) is 0 Å². The summed E-state index contributed by atoms with van der Waals surface area (Å²) < 4.78 is 37.9. The van der Waals surface area contributed by atoms with E-state index in [4.69, 9.17) is 5.73 Å². The van der Waals surface area contributed by atoms with E-state index in [0.717, 1.165) is 0 Å². The average Bonchev–Trinajstić information content (AvgIpc) is 2.34. The van der Waals surface area contributed by atoms with Crippen LogP contribution in [0, 0.1) is 0 Å². The summed E-state index contributed by atoms with van der Waals surface area (Å²) in [6.45, 7) is -0.304. The summed E-state index contributed by atoms with van der Waals surface area (Å²) in [6.07, 6.45) is -5.18. The number of carbonyl (C=O) groups excluding carboxylic acids is 2. The smallest absolute Gasteiger partial charge is 0.399 e. The minimum Gasteiger partial charge on any atom is -0.399 e. The number of hydrogen-bond donors (Lipinski definition) is 2. The largest absolute Gasteiger partial charge is 0.471 e. The van der Waals surface area contributed by atoms with Crippen LogP contribution in [0.3, 0.4) is 0 Å². The van der Waals surface area contributed by atoms with Crippen molar-refractivity contribution >= 4 is 23.2 Å². The van der Waals surface area contributed by atoms with Crippen molar-refractivity contribution in [3.63, 3.8) is 0 Å². The Morgan fingerprint density at radius 3 is 2.70 bits per heavy atom. The zero-order chi connectivity index (χ0) is 14.9. The Morgan fingerprint density at radius 1 is 1.35 bits per heavy atom. The fraction of sp³-hybridized carbons (Fsp3) is 0.333. The van der Waals surface area contributed by atoms with Gasteiger partial charge in [-0.25, -0.2) is 0 Å². The summed E-state index contributed by atoms with van der Waals surface area (Å²) in [4.78, 5) is 23.4. The van der Waals surface area contributed by atoms with Crippen molar-refractivity contribution in [3.05, 3.63) is 23.8 Å². The molecule has 1 heterocycles. The fourth-order valence-electron chi connectivity index (χ4n) is 1.99. The van der Waals surface area contributed by atoms with Crippen LogP contribution in [0.4, 0.5) is 24.5 Å². The lowest BCUT2D eigenvalue weighted by Gasteiger charge is -2.28. The van der Waals surface area contributed by atoms with Crippen LogP contribution < -0.4 is 16.0 Å². The topological polar surface area (TPSA) is 75.4 Å². The molecule has 1 aromatic rings. The SMILES string of the molecule is Nc1ccc2c(c1)CNC(=O)CCN2C(=O)C(F)(F)F. The number of nitrogens with one attached hydrogen (secondary N) is 1. The second kappa shape index (κ2) is 5.03. The number of amides is 2. The molecule has 0 spiro atoms. The molecule has 1 aliphatic rings. The Hall–Kier alpha value is -2.25. The molecule has 1 aliphatic heterocycles. The maximum atomic E-state index is 12.6. The van der Waals surface area contributed by atoms with Crippen LogP contribution in [-0.2, 0) is 16.1 Å². The Balaban J connectivity index is 2.46. The molecule has 1 aromatic carbocycles. The standard InChI is InChI=1S/C12H12F3N3O2/c13-12(14,15)11(20)18-4-3-10(19)17-6-7-5-8(16)1-2-9(7)18/h1-2,5H,3-4,6,16H2,(H,17,19). The molecule has 0 aliphatic carbocycles. The third-order valence-corrected chi connectivity index (χ3v) is 2.92. The number of benzene rings is 1. The van der Waals surface area contributed by atoms with Gasteiger partial charge >= 0.3 is 12.1 Å². The molecular weight excluding hydrogens is 275 g/mol. The van der Waals surface area contributed by atoms with Crippen molar-refractivity contribution in [1.82, 2.24) is 5.32 Å². The zero-order valence-corrected chi connectivity index (χ0v) is 10.3. The molecule has 8 heteroatoms. The highest BCUT2D eigenvalue weighted by atomic mass is 19.4. The van der Waals surface area contributed by atoms with E-state index < -0.39 is 18.0 Å². The highest BCUT2D eigenvalue weighted by molar-refractivity contribution is 5.99. The molecule has 5 nitrogen and oxygen atoms in total. The Labute approximate surface area is 112 Å². The van der Waals surface area contributed by atoms with E-state index >= 15 is 0 Å². The van der Waals surface area contributed by atoms with Gasteiger partial charge in [0.05, 0.1) is 0 Å². The Kier molecular flexibility index (Phi) is 3.56. The molecule has 3 N–H and O–H groups in total. The summed E-state index contributed by atoms with van der Waals surface area (Å²) in [5.41, 5.74) is 6.40. The number of fused-ring (bicyclic) bond motifs is 1. The van der Waals surface area contributed by atoms with Crippen LogP contribution in [0.2, 0.25) is 0 Å². The summed E-state index contributed by atoms with van der Waals surface area (Å²) >= 11 is 0. The van der Waals surface area contributed by atoms with Gasteiger partial charge in [-0.15, -0.1) is 0 Å². The molecule has 0 saturated heterocycles. The maximum Gasteiger partial charge on any atom is 0.471 e. The number of alkyl halides is 3. The van der Waals surface area contributed by atoms with Gasteiger partial charge in [0.2, 0.25) is 5.91 Å². The van der Waals surface area contributed by atoms with E-state index in [-0.39, 0.29) is 25.2 Å². The van der Waals surface area contributed by atoms with Gasteiger partial charge in [0.25, 0.3) is 0 Å². The minimum absolute atomic E-state index is 0.0286. The molecule has 0 bridgehead atoms. The van der Waals surface area contributed by atoms with Gasteiger partial charge in [0.15, 0.2) is 0 Å². The average molecular weight is 287 g/mol. The molecule has 0 atom stereocenters. The number of anilines is 2. The quantitative estimate of drug-likeness (QED) is 0.704. The van der Waals surface area contributed by atoms with Crippen molar-refractivity contribution in [2.24, 2.45) is 0 Å². The van der Waals surface area contributed by atoms with Crippen LogP contribution in [-0.4, -0.2) is 24.5 Å². The lowest BCUT2D eigenvalue weighted by Crippen LogP contribution is -2.45. The summed E-state index contributed by atoms with van der Waals surface area (Å²) in [6, 6.07) is 4.21. The molecule has 0 fully saturated rings. The lowest BCUT2D eigenvalue weighted by molar-refractivity contribution is -0.170. The van der Waals surface area contributed by atoms with E-state index in [9.17, 15) is 22.8 Å². The van der Waals surface area contributed by atoms with Crippen molar-refractivity contribution in [2.75, 3.05) is 17.2 Å². The highest BCUT2D eigenvalue weighted by Crippen LogP contribution is 2.29. The minimum atomic E-state index is -4.99. The van der Waals surface area contributed by atoms with Crippen molar-refractivity contribution < 1.29 is 22.8 Å². The molecule has 108 valence electrons. The van der Waals surface area contributed by atoms with Crippen molar-refractivity contribution in [3.8, 4) is 0 Å². The summed E-state index contributed by atoms with van der Waals surface area (Å²) in [7, 11) is 0. The van der Waals surface area contributed by atoms with Gasteiger partial charge in [-0.2, -0.15) is 13.2 Å². The van der Waals surface area contributed by atoms with Crippen LogP contribution in [0.5, 0.6) is 0 Å². The predicted octanol–water partition coefficient (Wildman–Crippen LogP) is 1.18.